The van der Waals surface area contributed by atoms with Gasteiger partial charge in [-0.15, -0.1) is 0 Å². The summed E-state index contributed by atoms with van der Waals surface area (Å²) in [6.07, 6.45) is 0. The SMILES string of the molecule is CCOc1c(CN)cc(Cl)cc1C(C)C. The molecular formula is C12H18ClNO. The maximum atomic E-state index is 6.03. The van der Waals surface area contributed by atoms with Gasteiger partial charge in [-0.05, 0) is 30.5 Å². The molecule has 0 amide bonds. The Hall–Kier alpha value is -0.730. The highest BCUT2D eigenvalue weighted by Gasteiger charge is 2.13. The highest BCUT2D eigenvalue weighted by molar-refractivity contribution is 6.30. The van der Waals surface area contributed by atoms with Crippen LogP contribution in [0.1, 0.15) is 37.8 Å². The van der Waals surface area contributed by atoms with Crippen LogP contribution in [0, 0.1) is 0 Å². The molecule has 0 aliphatic rings. The number of hydrogen-bond donors (Lipinski definition) is 1. The minimum absolute atomic E-state index is 0.385. The van der Waals surface area contributed by atoms with E-state index in [-0.39, 0.29) is 0 Å². The number of benzene rings is 1. The molecule has 0 saturated carbocycles. The van der Waals surface area contributed by atoms with Gasteiger partial charge >= 0.3 is 0 Å². The van der Waals surface area contributed by atoms with E-state index in [0.717, 1.165) is 21.9 Å². The van der Waals surface area contributed by atoms with Crippen LogP contribution in [0.4, 0.5) is 0 Å². The van der Waals surface area contributed by atoms with Crippen molar-refractivity contribution in [1.29, 1.82) is 0 Å². The number of hydrogen-bond acceptors (Lipinski definition) is 2. The molecule has 2 N–H and O–H groups in total. The van der Waals surface area contributed by atoms with Crippen LogP contribution in [0.25, 0.3) is 0 Å². The van der Waals surface area contributed by atoms with Crippen molar-refractivity contribution in [3.63, 3.8) is 0 Å². The minimum Gasteiger partial charge on any atom is -0.493 e. The monoisotopic (exact) mass is 227 g/mol. The van der Waals surface area contributed by atoms with Gasteiger partial charge in [0.1, 0.15) is 5.75 Å². The first kappa shape index (κ1) is 12.3. The Balaban J connectivity index is 3.26. The van der Waals surface area contributed by atoms with Crippen molar-refractivity contribution in [2.24, 2.45) is 5.73 Å². The first-order chi connectivity index (χ1) is 7.10. The Bertz CT molecular complexity index is 337. The number of rotatable bonds is 4. The molecule has 84 valence electrons. The fourth-order valence-corrected chi connectivity index (χ4v) is 1.82. The molecule has 1 aromatic rings. The summed E-state index contributed by atoms with van der Waals surface area (Å²) in [7, 11) is 0. The van der Waals surface area contributed by atoms with E-state index in [1.165, 1.54) is 0 Å². The molecule has 3 heteroatoms. The fraction of sp³-hybridized carbons (Fsp3) is 0.500. The van der Waals surface area contributed by atoms with E-state index >= 15 is 0 Å². The lowest BCUT2D eigenvalue weighted by atomic mass is 9.99. The quantitative estimate of drug-likeness (QED) is 0.857. The second-order valence-electron chi connectivity index (χ2n) is 3.78. The van der Waals surface area contributed by atoms with Crippen molar-refractivity contribution in [1.82, 2.24) is 0 Å². The maximum Gasteiger partial charge on any atom is 0.127 e. The topological polar surface area (TPSA) is 35.2 Å². The lowest BCUT2D eigenvalue weighted by molar-refractivity contribution is 0.331. The Kier molecular flexibility index (Phi) is 4.43. The zero-order valence-corrected chi connectivity index (χ0v) is 10.3. The molecule has 0 fully saturated rings. The van der Waals surface area contributed by atoms with Gasteiger partial charge in [-0.2, -0.15) is 0 Å². The molecule has 1 rings (SSSR count). The second-order valence-corrected chi connectivity index (χ2v) is 4.21. The summed E-state index contributed by atoms with van der Waals surface area (Å²) in [4.78, 5) is 0. The van der Waals surface area contributed by atoms with Gasteiger partial charge in [-0.3, -0.25) is 0 Å². The van der Waals surface area contributed by atoms with Crippen LogP contribution in [0.5, 0.6) is 5.75 Å². The smallest absolute Gasteiger partial charge is 0.127 e. The van der Waals surface area contributed by atoms with E-state index in [1.54, 1.807) is 0 Å². The van der Waals surface area contributed by atoms with Gasteiger partial charge in [0.2, 0.25) is 0 Å². The van der Waals surface area contributed by atoms with Gasteiger partial charge in [0.05, 0.1) is 6.61 Å². The predicted octanol–water partition coefficient (Wildman–Crippen LogP) is 3.32. The number of ether oxygens (including phenoxy) is 1. The Labute approximate surface area is 96.4 Å². The molecule has 0 unspecified atom stereocenters. The van der Waals surface area contributed by atoms with Gasteiger partial charge in [0.25, 0.3) is 0 Å². The third kappa shape index (κ3) is 2.86. The summed E-state index contributed by atoms with van der Waals surface area (Å²) in [6.45, 7) is 7.31. The lowest BCUT2D eigenvalue weighted by Gasteiger charge is -2.17. The normalized spacial score (nSPS) is 10.8. The highest BCUT2D eigenvalue weighted by atomic mass is 35.5. The third-order valence-corrected chi connectivity index (χ3v) is 2.51. The zero-order valence-electron chi connectivity index (χ0n) is 9.51. The van der Waals surface area contributed by atoms with Crippen molar-refractivity contribution in [3.05, 3.63) is 28.3 Å². The largest absolute Gasteiger partial charge is 0.493 e. The Morgan fingerprint density at radius 1 is 1.40 bits per heavy atom. The van der Waals surface area contributed by atoms with Gasteiger partial charge in [-0.25, -0.2) is 0 Å². The average Bonchev–Trinajstić information content (AvgIpc) is 2.19. The van der Waals surface area contributed by atoms with Crippen LogP contribution in [0.2, 0.25) is 5.02 Å². The molecular weight excluding hydrogens is 210 g/mol. The molecule has 0 aromatic heterocycles. The molecule has 15 heavy (non-hydrogen) atoms. The first-order valence-corrected chi connectivity index (χ1v) is 5.63. The summed E-state index contributed by atoms with van der Waals surface area (Å²) < 4.78 is 5.64. The third-order valence-electron chi connectivity index (χ3n) is 2.29. The second kappa shape index (κ2) is 5.38. The molecule has 2 nitrogen and oxygen atoms in total. The highest BCUT2D eigenvalue weighted by Crippen LogP contribution is 2.33. The fourth-order valence-electron chi connectivity index (χ4n) is 1.57. The summed E-state index contributed by atoms with van der Waals surface area (Å²) in [5.41, 5.74) is 7.79. The summed E-state index contributed by atoms with van der Waals surface area (Å²) >= 11 is 6.03. The Morgan fingerprint density at radius 2 is 2.07 bits per heavy atom. The van der Waals surface area contributed by atoms with E-state index in [1.807, 2.05) is 19.1 Å². The van der Waals surface area contributed by atoms with Crippen LogP contribution in [0.3, 0.4) is 0 Å². The van der Waals surface area contributed by atoms with Gasteiger partial charge < -0.3 is 10.5 Å². The zero-order chi connectivity index (χ0) is 11.4. The number of nitrogens with two attached hydrogens (primary N) is 1. The number of halogens is 1. The summed E-state index contributed by atoms with van der Waals surface area (Å²) in [5, 5.41) is 0.725. The minimum atomic E-state index is 0.385. The first-order valence-electron chi connectivity index (χ1n) is 5.25. The Morgan fingerprint density at radius 3 is 2.53 bits per heavy atom. The predicted molar refractivity (Wildman–Crippen MR) is 64.6 cm³/mol. The molecule has 0 spiro atoms. The van der Waals surface area contributed by atoms with E-state index in [0.29, 0.717) is 19.1 Å². The molecule has 0 saturated heterocycles. The molecule has 0 aliphatic heterocycles. The van der Waals surface area contributed by atoms with Crippen molar-refractivity contribution in [2.45, 2.75) is 33.2 Å². The van der Waals surface area contributed by atoms with Crippen molar-refractivity contribution < 1.29 is 4.74 Å². The van der Waals surface area contributed by atoms with Crippen LogP contribution in [-0.4, -0.2) is 6.61 Å². The van der Waals surface area contributed by atoms with Gasteiger partial charge in [0.15, 0.2) is 0 Å². The molecule has 0 aliphatic carbocycles. The molecule has 0 radical (unpaired) electrons. The van der Waals surface area contributed by atoms with Crippen molar-refractivity contribution in [3.8, 4) is 5.75 Å². The standard InChI is InChI=1S/C12H18ClNO/c1-4-15-12-9(7-14)5-10(13)6-11(12)8(2)3/h5-6,8H,4,7,14H2,1-3H3. The lowest BCUT2D eigenvalue weighted by Crippen LogP contribution is -2.06. The van der Waals surface area contributed by atoms with E-state index < -0.39 is 0 Å². The summed E-state index contributed by atoms with van der Waals surface area (Å²) in [6, 6.07) is 3.83. The molecule has 0 atom stereocenters. The van der Waals surface area contributed by atoms with Crippen LogP contribution in [-0.2, 0) is 6.54 Å². The van der Waals surface area contributed by atoms with E-state index in [2.05, 4.69) is 13.8 Å². The van der Waals surface area contributed by atoms with E-state index in [4.69, 9.17) is 22.1 Å². The van der Waals surface area contributed by atoms with Crippen molar-refractivity contribution in [2.75, 3.05) is 6.61 Å². The van der Waals surface area contributed by atoms with E-state index in [9.17, 15) is 0 Å². The van der Waals surface area contributed by atoms with Crippen molar-refractivity contribution >= 4 is 11.6 Å². The molecule has 0 heterocycles. The van der Waals surface area contributed by atoms with Crippen LogP contribution < -0.4 is 10.5 Å². The summed E-state index contributed by atoms with van der Waals surface area (Å²) in [5.74, 6) is 1.29. The van der Waals surface area contributed by atoms with Crippen LogP contribution >= 0.6 is 11.6 Å². The van der Waals surface area contributed by atoms with Gasteiger partial charge in [-0.1, -0.05) is 25.4 Å². The average molecular weight is 228 g/mol. The van der Waals surface area contributed by atoms with Gasteiger partial charge in [0, 0.05) is 17.1 Å². The maximum absolute atomic E-state index is 6.03. The molecule has 0 bridgehead atoms. The van der Waals surface area contributed by atoms with Crippen LogP contribution in [0.15, 0.2) is 12.1 Å². The molecule has 1 aromatic carbocycles.